The van der Waals surface area contributed by atoms with Gasteiger partial charge in [0.1, 0.15) is 11.9 Å². The topological polar surface area (TPSA) is 92.0 Å². The molecular formula is C17H27N5O2. The average Bonchev–Trinajstić information content (AvgIpc) is 2.58. The Kier molecular flexibility index (Phi) is 6.87. The highest BCUT2D eigenvalue weighted by molar-refractivity contribution is 5.95. The van der Waals surface area contributed by atoms with Crippen molar-refractivity contribution >= 4 is 12.0 Å². The van der Waals surface area contributed by atoms with Gasteiger partial charge in [-0.15, -0.1) is 0 Å². The Morgan fingerprint density at radius 3 is 2.96 bits per heavy atom. The van der Waals surface area contributed by atoms with E-state index < -0.39 is 0 Å². The third kappa shape index (κ3) is 5.13. The van der Waals surface area contributed by atoms with E-state index in [1.807, 2.05) is 32.0 Å². The number of para-hydroxylation sites is 1. The molecule has 0 fully saturated rings. The Bertz CT molecular complexity index is 576. The van der Waals surface area contributed by atoms with Crippen molar-refractivity contribution in [3.63, 3.8) is 0 Å². The number of urea groups is 1. The fourth-order valence-corrected chi connectivity index (χ4v) is 2.60. The van der Waals surface area contributed by atoms with Gasteiger partial charge in [0, 0.05) is 13.1 Å². The Morgan fingerprint density at radius 2 is 2.21 bits per heavy atom. The normalized spacial score (nSPS) is 16.9. The van der Waals surface area contributed by atoms with E-state index in [1.165, 1.54) is 10.6 Å². The summed E-state index contributed by atoms with van der Waals surface area (Å²) in [6.45, 7) is 5.54. The van der Waals surface area contributed by atoms with Crippen molar-refractivity contribution in [3.8, 4) is 5.75 Å². The molecule has 2 amide bonds. The maximum atomic E-state index is 12.2. The highest BCUT2D eigenvalue weighted by Crippen LogP contribution is 2.26. The number of hydrogen-bond donors (Lipinski definition) is 3. The number of amides is 2. The average molecular weight is 333 g/mol. The first kappa shape index (κ1) is 18.1. The van der Waals surface area contributed by atoms with E-state index in [0.29, 0.717) is 19.6 Å². The first-order valence-corrected chi connectivity index (χ1v) is 8.50. The standard InChI is InChI=1S/C17H27N5O2/c1-3-11-22(17(23)21-16(18)19-4-2)20-12-14-10-9-13-7-5-6-8-15(13)24-14/h5-8,14,20H,3-4,9-12H2,1-2H3,(H3,18,19,21,23). The molecule has 1 aromatic rings. The third-order valence-electron chi connectivity index (χ3n) is 3.77. The summed E-state index contributed by atoms with van der Waals surface area (Å²) < 4.78 is 5.99. The van der Waals surface area contributed by atoms with Crippen LogP contribution in [-0.2, 0) is 6.42 Å². The van der Waals surface area contributed by atoms with Gasteiger partial charge in [0.2, 0.25) is 0 Å². The maximum absolute atomic E-state index is 12.2. The minimum Gasteiger partial charge on any atom is -0.489 e. The highest BCUT2D eigenvalue weighted by atomic mass is 16.5. The van der Waals surface area contributed by atoms with Crippen molar-refractivity contribution in [2.75, 3.05) is 19.6 Å². The Labute approximate surface area is 143 Å². The number of hydrogen-bond acceptors (Lipinski definition) is 4. The molecule has 1 aliphatic heterocycles. The Balaban J connectivity index is 1.87. The van der Waals surface area contributed by atoms with Gasteiger partial charge >= 0.3 is 6.03 Å². The van der Waals surface area contributed by atoms with E-state index in [1.54, 1.807) is 0 Å². The van der Waals surface area contributed by atoms with Crippen molar-refractivity contribution in [1.29, 1.82) is 0 Å². The number of fused-ring (bicyclic) bond motifs is 1. The van der Waals surface area contributed by atoms with Gasteiger partial charge in [-0.25, -0.2) is 10.2 Å². The van der Waals surface area contributed by atoms with Gasteiger partial charge in [0.15, 0.2) is 5.96 Å². The molecule has 1 aromatic carbocycles. The van der Waals surface area contributed by atoms with Crippen LogP contribution in [-0.4, -0.2) is 42.7 Å². The number of ether oxygens (including phenoxy) is 1. The number of benzene rings is 1. The molecular weight excluding hydrogens is 306 g/mol. The SMILES string of the molecule is CCCN(NCC1CCc2ccccc2O1)C(=O)NC(N)=NCC. The van der Waals surface area contributed by atoms with E-state index in [2.05, 4.69) is 21.8 Å². The summed E-state index contributed by atoms with van der Waals surface area (Å²) in [6.07, 6.45) is 2.78. The molecule has 0 saturated heterocycles. The number of carbonyl (C=O) groups is 1. The summed E-state index contributed by atoms with van der Waals surface area (Å²) in [5.41, 5.74) is 10.0. The van der Waals surface area contributed by atoms with Gasteiger partial charge < -0.3 is 10.5 Å². The van der Waals surface area contributed by atoms with Gasteiger partial charge in [-0.3, -0.25) is 15.3 Å². The molecule has 4 N–H and O–H groups in total. The molecule has 1 aliphatic rings. The summed E-state index contributed by atoms with van der Waals surface area (Å²) in [7, 11) is 0. The quantitative estimate of drug-likeness (QED) is 0.419. The van der Waals surface area contributed by atoms with Gasteiger partial charge in [0.05, 0.1) is 6.54 Å². The summed E-state index contributed by atoms with van der Waals surface area (Å²) in [5.74, 6) is 1.06. The zero-order valence-corrected chi connectivity index (χ0v) is 14.4. The van der Waals surface area contributed by atoms with E-state index in [9.17, 15) is 4.79 Å². The zero-order valence-electron chi connectivity index (χ0n) is 14.4. The van der Waals surface area contributed by atoms with Crippen LogP contribution in [0.15, 0.2) is 29.3 Å². The van der Waals surface area contributed by atoms with Crippen LogP contribution in [0.4, 0.5) is 4.79 Å². The molecule has 132 valence electrons. The predicted molar refractivity (Wildman–Crippen MR) is 94.9 cm³/mol. The highest BCUT2D eigenvalue weighted by Gasteiger charge is 2.21. The van der Waals surface area contributed by atoms with Crippen LogP contribution < -0.4 is 21.2 Å². The van der Waals surface area contributed by atoms with Crippen LogP contribution in [0.25, 0.3) is 0 Å². The van der Waals surface area contributed by atoms with Crippen molar-refractivity contribution in [2.45, 2.75) is 39.2 Å². The second-order valence-corrected chi connectivity index (χ2v) is 5.69. The molecule has 1 heterocycles. The summed E-state index contributed by atoms with van der Waals surface area (Å²) in [5, 5.41) is 4.11. The molecule has 7 heteroatoms. The lowest BCUT2D eigenvalue weighted by molar-refractivity contribution is 0.125. The second kappa shape index (κ2) is 9.12. The van der Waals surface area contributed by atoms with E-state index in [0.717, 1.165) is 25.0 Å². The number of nitrogens with one attached hydrogen (secondary N) is 2. The number of nitrogens with zero attached hydrogens (tertiary/aromatic N) is 2. The summed E-state index contributed by atoms with van der Waals surface area (Å²) in [6, 6.07) is 7.77. The fraction of sp³-hybridized carbons (Fsp3) is 0.529. The molecule has 1 atom stereocenters. The number of hydrazine groups is 1. The number of carbonyl (C=O) groups excluding carboxylic acids is 1. The van der Waals surface area contributed by atoms with Gasteiger partial charge in [-0.2, -0.15) is 0 Å². The van der Waals surface area contributed by atoms with E-state index >= 15 is 0 Å². The van der Waals surface area contributed by atoms with Crippen LogP contribution in [0, 0.1) is 0 Å². The van der Waals surface area contributed by atoms with Crippen LogP contribution >= 0.6 is 0 Å². The molecule has 0 radical (unpaired) electrons. The smallest absolute Gasteiger partial charge is 0.338 e. The lowest BCUT2D eigenvalue weighted by Crippen LogP contribution is -2.54. The fourth-order valence-electron chi connectivity index (χ4n) is 2.60. The minimum absolute atomic E-state index is 0.0358. The van der Waals surface area contributed by atoms with Crippen LogP contribution in [0.1, 0.15) is 32.3 Å². The number of guanidine groups is 1. The van der Waals surface area contributed by atoms with Gasteiger partial charge in [0.25, 0.3) is 0 Å². The zero-order chi connectivity index (χ0) is 17.4. The maximum Gasteiger partial charge on any atom is 0.338 e. The number of aryl methyl sites for hydroxylation is 1. The van der Waals surface area contributed by atoms with Gasteiger partial charge in [-0.05, 0) is 37.8 Å². The van der Waals surface area contributed by atoms with Crippen molar-refractivity contribution in [3.05, 3.63) is 29.8 Å². The summed E-state index contributed by atoms with van der Waals surface area (Å²) >= 11 is 0. The Hall–Kier alpha value is -2.28. The lowest BCUT2D eigenvalue weighted by atomic mass is 10.0. The summed E-state index contributed by atoms with van der Waals surface area (Å²) in [4.78, 5) is 16.2. The first-order chi connectivity index (χ1) is 11.6. The number of rotatable bonds is 6. The molecule has 0 saturated carbocycles. The molecule has 0 aliphatic carbocycles. The van der Waals surface area contributed by atoms with E-state index in [-0.39, 0.29) is 18.1 Å². The Morgan fingerprint density at radius 1 is 1.42 bits per heavy atom. The predicted octanol–water partition coefficient (Wildman–Crippen LogP) is 1.64. The largest absolute Gasteiger partial charge is 0.489 e. The van der Waals surface area contributed by atoms with Crippen LogP contribution in [0.3, 0.4) is 0 Å². The molecule has 0 bridgehead atoms. The third-order valence-corrected chi connectivity index (χ3v) is 3.77. The molecule has 0 aromatic heterocycles. The number of aliphatic imine (C=N–C) groups is 1. The van der Waals surface area contributed by atoms with Crippen molar-refractivity contribution < 1.29 is 9.53 Å². The second-order valence-electron chi connectivity index (χ2n) is 5.69. The molecule has 0 spiro atoms. The number of nitrogens with two attached hydrogens (primary N) is 1. The minimum atomic E-state index is -0.303. The molecule has 2 rings (SSSR count). The van der Waals surface area contributed by atoms with Crippen molar-refractivity contribution in [2.24, 2.45) is 10.7 Å². The monoisotopic (exact) mass is 333 g/mol. The van der Waals surface area contributed by atoms with Crippen molar-refractivity contribution in [1.82, 2.24) is 15.8 Å². The lowest BCUT2D eigenvalue weighted by Gasteiger charge is -2.29. The first-order valence-electron chi connectivity index (χ1n) is 8.50. The molecule has 7 nitrogen and oxygen atoms in total. The van der Waals surface area contributed by atoms with Gasteiger partial charge in [-0.1, -0.05) is 25.1 Å². The van der Waals surface area contributed by atoms with Crippen LogP contribution in [0.5, 0.6) is 5.75 Å². The molecule has 24 heavy (non-hydrogen) atoms. The van der Waals surface area contributed by atoms with E-state index in [4.69, 9.17) is 10.5 Å². The molecule has 1 unspecified atom stereocenters. The van der Waals surface area contributed by atoms with Crippen LogP contribution in [0.2, 0.25) is 0 Å².